The van der Waals surface area contributed by atoms with Crippen LogP contribution in [0.5, 0.6) is 5.75 Å². The average molecular weight is 281 g/mol. The van der Waals surface area contributed by atoms with Crippen LogP contribution in [0.3, 0.4) is 0 Å². The van der Waals surface area contributed by atoms with Crippen LogP contribution in [0.4, 0.5) is 0 Å². The summed E-state index contributed by atoms with van der Waals surface area (Å²) in [7, 11) is 0. The molecule has 0 aromatic heterocycles. The van der Waals surface area contributed by atoms with Crippen LogP contribution in [0, 0.1) is 6.92 Å². The zero-order valence-electron chi connectivity index (χ0n) is 13.1. The number of aryl methyl sites for hydroxylation is 1. The highest BCUT2D eigenvalue weighted by molar-refractivity contribution is 5.45. The second-order valence-electron chi connectivity index (χ2n) is 6.53. The summed E-state index contributed by atoms with van der Waals surface area (Å²) in [5, 5.41) is 3.51. The van der Waals surface area contributed by atoms with Gasteiger partial charge in [-0.3, -0.25) is 0 Å². The third kappa shape index (κ3) is 3.27. The minimum absolute atomic E-state index is 0.0740. The van der Waals surface area contributed by atoms with Crippen molar-refractivity contribution < 1.29 is 4.74 Å². The largest absolute Gasteiger partial charge is 0.487 e. The normalized spacial score (nSPS) is 15.6. The molecule has 1 heterocycles. The molecule has 1 aliphatic heterocycles. The van der Waals surface area contributed by atoms with Gasteiger partial charge in [0.05, 0.1) is 0 Å². The van der Waals surface area contributed by atoms with Gasteiger partial charge in [0.15, 0.2) is 0 Å². The highest BCUT2D eigenvalue weighted by Gasteiger charge is 2.31. The Labute approximate surface area is 127 Å². The third-order valence-electron chi connectivity index (χ3n) is 3.94. The summed E-state index contributed by atoms with van der Waals surface area (Å²) in [5.41, 5.74) is 5.12. The van der Waals surface area contributed by atoms with Gasteiger partial charge in [0.25, 0.3) is 0 Å². The van der Waals surface area contributed by atoms with E-state index in [-0.39, 0.29) is 5.60 Å². The molecular formula is C19H23NO. The summed E-state index contributed by atoms with van der Waals surface area (Å²) in [6, 6.07) is 15.1. The number of fused-ring (bicyclic) bond motifs is 1. The van der Waals surface area contributed by atoms with Gasteiger partial charge in [0.2, 0.25) is 0 Å². The maximum absolute atomic E-state index is 6.10. The number of hydrogen-bond donors (Lipinski definition) is 1. The van der Waals surface area contributed by atoms with E-state index in [0.717, 1.165) is 25.3 Å². The van der Waals surface area contributed by atoms with Crippen molar-refractivity contribution in [3.63, 3.8) is 0 Å². The van der Waals surface area contributed by atoms with Gasteiger partial charge < -0.3 is 10.1 Å². The van der Waals surface area contributed by atoms with Gasteiger partial charge in [0.1, 0.15) is 11.4 Å². The first kappa shape index (κ1) is 14.2. The smallest absolute Gasteiger partial charge is 0.127 e. The minimum atomic E-state index is -0.0740. The molecule has 2 aromatic rings. The van der Waals surface area contributed by atoms with Crippen LogP contribution in [-0.2, 0) is 19.5 Å². The van der Waals surface area contributed by atoms with Gasteiger partial charge in [-0.25, -0.2) is 0 Å². The lowest BCUT2D eigenvalue weighted by molar-refractivity contribution is 0.137. The molecule has 0 saturated carbocycles. The lowest BCUT2D eigenvalue weighted by Gasteiger charge is -2.18. The lowest BCUT2D eigenvalue weighted by Crippen LogP contribution is -2.25. The molecule has 3 rings (SSSR count). The molecule has 2 heteroatoms. The van der Waals surface area contributed by atoms with Crippen LogP contribution in [-0.4, -0.2) is 5.60 Å². The van der Waals surface area contributed by atoms with Crippen molar-refractivity contribution in [2.24, 2.45) is 0 Å². The Bertz CT molecular complexity index is 629. The molecule has 0 bridgehead atoms. The van der Waals surface area contributed by atoms with Crippen molar-refractivity contribution in [1.82, 2.24) is 5.32 Å². The molecule has 21 heavy (non-hydrogen) atoms. The molecule has 0 aliphatic carbocycles. The molecular weight excluding hydrogens is 258 g/mol. The molecule has 0 atom stereocenters. The summed E-state index contributed by atoms with van der Waals surface area (Å²) >= 11 is 0. The maximum Gasteiger partial charge on any atom is 0.127 e. The van der Waals surface area contributed by atoms with E-state index in [1.807, 2.05) is 0 Å². The Hall–Kier alpha value is -1.80. The first-order chi connectivity index (χ1) is 10.0. The topological polar surface area (TPSA) is 21.3 Å². The molecule has 110 valence electrons. The van der Waals surface area contributed by atoms with Crippen LogP contribution >= 0.6 is 0 Å². The van der Waals surface area contributed by atoms with E-state index in [4.69, 9.17) is 4.74 Å². The Balaban J connectivity index is 1.64. The maximum atomic E-state index is 6.10. The summed E-state index contributed by atoms with van der Waals surface area (Å²) in [6.07, 6.45) is 0.994. The van der Waals surface area contributed by atoms with Crippen molar-refractivity contribution in [3.05, 3.63) is 64.7 Å². The van der Waals surface area contributed by atoms with E-state index in [9.17, 15) is 0 Å². The standard InChI is InChI=1S/C19H23NO/c1-14-7-9-15(10-8-14)12-20-13-17-6-4-5-16-11-19(2,3)21-18(16)17/h4-10,20H,11-13H2,1-3H3. The molecule has 1 aliphatic rings. The molecule has 0 fully saturated rings. The molecule has 2 nitrogen and oxygen atoms in total. The van der Waals surface area contributed by atoms with Crippen LogP contribution in [0.25, 0.3) is 0 Å². The fourth-order valence-corrected chi connectivity index (χ4v) is 2.87. The monoisotopic (exact) mass is 281 g/mol. The van der Waals surface area contributed by atoms with Gasteiger partial charge in [-0.15, -0.1) is 0 Å². The number of hydrogen-bond acceptors (Lipinski definition) is 2. The molecule has 0 saturated heterocycles. The van der Waals surface area contributed by atoms with Gasteiger partial charge in [-0.05, 0) is 31.9 Å². The predicted molar refractivity (Wildman–Crippen MR) is 86.6 cm³/mol. The van der Waals surface area contributed by atoms with Crippen LogP contribution in [0.2, 0.25) is 0 Å². The van der Waals surface area contributed by atoms with Crippen LogP contribution in [0.1, 0.15) is 36.1 Å². The van der Waals surface area contributed by atoms with E-state index in [0.29, 0.717) is 0 Å². The number of rotatable bonds is 4. The minimum Gasteiger partial charge on any atom is -0.487 e. The zero-order chi connectivity index (χ0) is 14.9. The average Bonchev–Trinajstić information content (AvgIpc) is 2.76. The Morgan fingerprint density at radius 1 is 1.05 bits per heavy atom. The van der Waals surface area contributed by atoms with E-state index in [1.165, 1.54) is 22.3 Å². The van der Waals surface area contributed by atoms with Crippen molar-refractivity contribution in [2.75, 3.05) is 0 Å². The van der Waals surface area contributed by atoms with E-state index in [2.05, 4.69) is 68.6 Å². The SMILES string of the molecule is Cc1ccc(CNCc2cccc3c2OC(C)(C)C3)cc1. The second-order valence-corrected chi connectivity index (χ2v) is 6.53. The number of nitrogens with one attached hydrogen (secondary N) is 1. The van der Waals surface area contributed by atoms with Gasteiger partial charge in [-0.2, -0.15) is 0 Å². The number of para-hydroxylation sites is 1. The quantitative estimate of drug-likeness (QED) is 0.914. The second kappa shape index (κ2) is 5.53. The number of benzene rings is 2. The molecule has 0 radical (unpaired) electrons. The predicted octanol–water partition coefficient (Wildman–Crippen LogP) is 4.00. The fraction of sp³-hybridized carbons (Fsp3) is 0.368. The van der Waals surface area contributed by atoms with Crippen molar-refractivity contribution in [3.8, 4) is 5.75 Å². The summed E-state index contributed by atoms with van der Waals surface area (Å²) < 4.78 is 6.10. The number of ether oxygens (including phenoxy) is 1. The molecule has 0 spiro atoms. The fourth-order valence-electron chi connectivity index (χ4n) is 2.87. The van der Waals surface area contributed by atoms with Gasteiger partial charge in [0, 0.05) is 25.1 Å². The van der Waals surface area contributed by atoms with E-state index in [1.54, 1.807) is 0 Å². The molecule has 0 amide bonds. The summed E-state index contributed by atoms with van der Waals surface area (Å²) in [4.78, 5) is 0. The summed E-state index contributed by atoms with van der Waals surface area (Å²) in [5.74, 6) is 1.08. The van der Waals surface area contributed by atoms with Gasteiger partial charge >= 0.3 is 0 Å². The zero-order valence-corrected chi connectivity index (χ0v) is 13.1. The summed E-state index contributed by atoms with van der Waals surface area (Å²) in [6.45, 7) is 8.14. The molecule has 0 unspecified atom stereocenters. The lowest BCUT2D eigenvalue weighted by atomic mass is 10.0. The van der Waals surface area contributed by atoms with E-state index < -0.39 is 0 Å². The third-order valence-corrected chi connectivity index (χ3v) is 3.94. The first-order valence-electron chi connectivity index (χ1n) is 7.59. The highest BCUT2D eigenvalue weighted by Crippen LogP contribution is 2.37. The van der Waals surface area contributed by atoms with Crippen molar-refractivity contribution in [2.45, 2.75) is 45.9 Å². The molecule has 1 N–H and O–H groups in total. The van der Waals surface area contributed by atoms with Gasteiger partial charge in [-0.1, -0.05) is 48.0 Å². The Morgan fingerprint density at radius 2 is 1.81 bits per heavy atom. The Morgan fingerprint density at radius 3 is 2.57 bits per heavy atom. The highest BCUT2D eigenvalue weighted by atomic mass is 16.5. The molecule has 2 aromatic carbocycles. The van der Waals surface area contributed by atoms with E-state index >= 15 is 0 Å². The van der Waals surface area contributed by atoms with Crippen LogP contribution in [0.15, 0.2) is 42.5 Å². The van der Waals surface area contributed by atoms with Crippen molar-refractivity contribution >= 4 is 0 Å². The van der Waals surface area contributed by atoms with Crippen LogP contribution < -0.4 is 10.1 Å². The van der Waals surface area contributed by atoms with Crippen molar-refractivity contribution in [1.29, 1.82) is 0 Å². The Kier molecular flexibility index (Phi) is 3.73. The first-order valence-corrected chi connectivity index (χ1v) is 7.59.